The van der Waals surface area contributed by atoms with Gasteiger partial charge in [-0.05, 0) is 25.5 Å². The highest BCUT2D eigenvalue weighted by atomic mass is 35.5. The summed E-state index contributed by atoms with van der Waals surface area (Å²) < 4.78 is 6.26. The molecule has 0 aliphatic carbocycles. The first-order chi connectivity index (χ1) is 7.63. The topological polar surface area (TPSA) is 56.5 Å². The Morgan fingerprint density at radius 1 is 1.62 bits per heavy atom. The maximum atomic E-state index is 11.5. The van der Waals surface area contributed by atoms with Crippen molar-refractivity contribution in [2.24, 2.45) is 0 Å². The summed E-state index contributed by atoms with van der Waals surface area (Å²) in [6.45, 7) is 3.88. The number of carbonyl (C=O) groups excluding carboxylic acids is 1. The minimum atomic E-state index is -0.456. The van der Waals surface area contributed by atoms with E-state index in [-0.39, 0.29) is 5.69 Å². The van der Waals surface area contributed by atoms with Crippen LogP contribution in [0, 0.1) is 6.92 Å². The maximum absolute atomic E-state index is 11.5. The average molecular weight is 240 g/mol. The molecule has 0 aliphatic heterocycles. The van der Waals surface area contributed by atoms with Crippen LogP contribution in [0.4, 0.5) is 0 Å². The summed E-state index contributed by atoms with van der Waals surface area (Å²) in [5.41, 5.74) is 1.67. The van der Waals surface area contributed by atoms with Gasteiger partial charge in [-0.3, -0.25) is 0 Å². The Morgan fingerprint density at radius 3 is 3.06 bits per heavy atom. The molecule has 0 saturated heterocycles. The van der Waals surface area contributed by atoms with Crippen molar-refractivity contribution in [1.29, 1.82) is 0 Å². The summed E-state index contributed by atoms with van der Waals surface area (Å²) >= 11 is 5.89. The van der Waals surface area contributed by atoms with Crippen LogP contribution in [-0.2, 0) is 4.74 Å². The Labute approximate surface area is 97.0 Å². The van der Waals surface area contributed by atoms with Gasteiger partial charge >= 0.3 is 5.97 Å². The summed E-state index contributed by atoms with van der Waals surface area (Å²) in [6, 6.07) is 1.76. The fourth-order valence-corrected chi connectivity index (χ4v) is 1.46. The highest BCUT2D eigenvalue weighted by molar-refractivity contribution is 6.30. The lowest BCUT2D eigenvalue weighted by Gasteiger charge is -2.02. The van der Waals surface area contributed by atoms with E-state index in [0.29, 0.717) is 17.4 Å². The second-order valence-corrected chi connectivity index (χ2v) is 3.61. The van der Waals surface area contributed by atoms with Gasteiger partial charge in [-0.1, -0.05) is 11.6 Å². The standard InChI is InChI=1S/C10H10ClN3O2/c1-3-16-10(15)7-5-12-8-4-6(2)9(11)13-14(7)8/h4-5H,3H2,1-2H3. The van der Waals surface area contributed by atoms with Crippen molar-refractivity contribution in [3.8, 4) is 0 Å². The molecule has 0 atom stereocenters. The molecule has 2 aromatic rings. The summed E-state index contributed by atoms with van der Waals surface area (Å²) in [7, 11) is 0. The number of aromatic nitrogens is 3. The Hall–Kier alpha value is -1.62. The smallest absolute Gasteiger partial charge is 0.358 e. The van der Waals surface area contributed by atoms with Crippen LogP contribution in [0.25, 0.3) is 5.65 Å². The number of hydrogen-bond donors (Lipinski definition) is 0. The molecular weight excluding hydrogens is 230 g/mol. The summed E-state index contributed by atoms with van der Waals surface area (Å²) in [5.74, 6) is -0.456. The van der Waals surface area contributed by atoms with Crippen molar-refractivity contribution in [3.05, 3.63) is 28.7 Å². The number of nitrogens with zero attached hydrogens (tertiary/aromatic N) is 3. The number of imidazole rings is 1. The minimum absolute atomic E-state index is 0.277. The molecule has 2 heterocycles. The highest BCUT2D eigenvalue weighted by Gasteiger charge is 2.15. The Kier molecular flexibility index (Phi) is 2.78. The Morgan fingerprint density at radius 2 is 2.38 bits per heavy atom. The lowest BCUT2D eigenvalue weighted by Crippen LogP contribution is -2.09. The monoisotopic (exact) mass is 239 g/mol. The van der Waals surface area contributed by atoms with Crippen LogP contribution in [0.15, 0.2) is 12.3 Å². The van der Waals surface area contributed by atoms with Gasteiger partial charge in [0.2, 0.25) is 0 Å². The second kappa shape index (κ2) is 4.09. The zero-order chi connectivity index (χ0) is 11.7. The zero-order valence-corrected chi connectivity index (χ0v) is 9.65. The van der Waals surface area contributed by atoms with E-state index in [1.165, 1.54) is 10.7 Å². The van der Waals surface area contributed by atoms with E-state index in [1.54, 1.807) is 13.0 Å². The van der Waals surface area contributed by atoms with Gasteiger partial charge in [0.1, 0.15) is 0 Å². The summed E-state index contributed by atoms with van der Waals surface area (Å²) in [4.78, 5) is 15.6. The van der Waals surface area contributed by atoms with Crippen LogP contribution in [0.5, 0.6) is 0 Å². The first-order valence-electron chi connectivity index (χ1n) is 4.81. The van der Waals surface area contributed by atoms with Crippen LogP contribution in [0.1, 0.15) is 23.0 Å². The molecule has 0 radical (unpaired) electrons. The number of ether oxygens (including phenoxy) is 1. The molecule has 0 bridgehead atoms. The van der Waals surface area contributed by atoms with Crippen molar-refractivity contribution in [3.63, 3.8) is 0 Å². The van der Waals surface area contributed by atoms with Crippen molar-refractivity contribution >= 4 is 23.2 Å². The normalized spacial score (nSPS) is 10.7. The molecule has 16 heavy (non-hydrogen) atoms. The number of fused-ring (bicyclic) bond motifs is 1. The maximum Gasteiger partial charge on any atom is 0.358 e. The molecule has 0 N–H and O–H groups in total. The molecule has 5 nitrogen and oxygen atoms in total. The van der Waals surface area contributed by atoms with Crippen LogP contribution in [0.3, 0.4) is 0 Å². The largest absolute Gasteiger partial charge is 0.461 e. The van der Waals surface area contributed by atoms with Crippen molar-refractivity contribution in [2.45, 2.75) is 13.8 Å². The predicted octanol–water partition coefficient (Wildman–Crippen LogP) is 1.87. The van der Waals surface area contributed by atoms with E-state index in [9.17, 15) is 4.79 Å². The summed E-state index contributed by atoms with van der Waals surface area (Å²) in [5, 5.41) is 4.40. The second-order valence-electron chi connectivity index (χ2n) is 3.25. The van der Waals surface area contributed by atoms with Crippen molar-refractivity contribution in [1.82, 2.24) is 14.6 Å². The first kappa shape index (κ1) is 10.9. The number of carbonyl (C=O) groups is 1. The van der Waals surface area contributed by atoms with Gasteiger partial charge in [0.05, 0.1) is 12.8 Å². The third-order valence-corrected chi connectivity index (χ3v) is 2.48. The van der Waals surface area contributed by atoms with Gasteiger partial charge in [0.15, 0.2) is 16.5 Å². The molecule has 0 amide bonds. The molecule has 0 fully saturated rings. The Balaban J connectivity index is 2.56. The molecule has 0 saturated carbocycles. The van der Waals surface area contributed by atoms with Gasteiger partial charge < -0.3 is 4.74 Å². The number of aryl methyl sites for hydroxylation is 1. The summed E-state index contributed by atoms with van der Waals surface area (Å²) in [6.07, 6.45) is 1.43. The number of rotatable bonds is 2. The van der Waals surface area contributed by atoms with E-state index in [0.717, 1.165) is 5.56 Å². The third kappa shape index (κ3) is 1.74. The number of halogens is 1. The molecule has 2 aromatic heterocycles. The van der Waals surface area contributed by atoms with Crippen LogP contribution < -0.4 is 0 Å². The fourth-order valence-electron chi connectivity index (χ4n) is 1.33. The number of esters is 1. The van der Waals surface area contributed by atoms with Crippen LogP contribution >= 0.6 is 11.6 Å². The van der Waals surface area contributed by atoms with E-state index >= 15 is 0 Å². The van der Waals surface area contributed by atoms with Gasteiger partial charge in [-0.25, -0.2) is 14.3 Å². The molecule has 0 aromatic carbocycles. The minimum Gasteiger partial charge on any atom is -0.461 e. The number of hydrogen-bond acceptors (Lipinski definition) is 4. The van der Waals surface area contributed by atoms with E-state index in [4.69, 9.17) is 16.3 Å². The quantitative estimate of drug-likeness (QED) is 0.751. The lowest BCUT2D eigenvalue weighted by atomic mass is 10.3. The van der Waals surface area contributed by atoms with E-state index in [2.05, 4.69) is 10.1 Å². The van der Waals surface area contributed by atoms with Gasteiger partial charge in [-0.2, -0.15) is 5.10 Å². The molecule has 0 aliphatic rings. The molecule has 2 rings (SSSR count). The SMILES string of the molecule is CCOC(=O)c1cnc2cc(C)c(Cl)nn12. The highest BCUT2D eigenvalue weighted by Crippen LogP contribution is 2.15. The molecule has 84 valence electrons. The van der Waals surface area contributed by atoms with Crippen LogP contribution in [-0.4, -0.2) is 27.2 Å². The molecule has 0 unspecified atom stereocenters. The first-order valence-corrected chi connectivity index (χ1v) is 5.19. The molecule has 6 heteroatoms. The third-order valence-electron chi connectivity index (χ3n) is 2.11. The molecule has 0 spiro atoms. The molecular formula is C10H10ClN3O2. The average Bonchev–Trinajstić information content (AvgIpc) is 2.62. The zero-order valence-electron chi connectivity index (χ0n) is 8.90. The van der Waals surface area contributed by atoms with E-state index in [1.807, 2.05) is 6.92 Å². The fraction of sp³-hybridized carbons (Fsp3) is 0.300. The van der Waals surface area contributed by atoms with Gasteiger partial charge in [0, 0.05) is 0 Å². The predicted molar refractivity (Wildman–Crippen MR) is 58.7 cm³/mol. The van der Waals surface area contributed by atoms with Gasteiger partial charge in [0.25, 0.3) is 0 Å². The van der Waals surface area contributed by atoms with Crippen molar-refractivity contribution in [2.75, 3.05) is 6.61 Å². The van der Waals surface area contributed by atoms with Crippen molar-refractivity contribution < 1.29 is 9.53 Å². The van der Waals surface area contributed by atoms with E-state index < -0.39 is 5.97 Å². The van der Waals surface area contributed by atoms with Crippen LogP contribution in [0.2, 0.25) is 5.15 Å². The lowest BCUT2D eigenvalue weighted by molar-refractivity contribution is 0.0516. The Bertz CT molecular complexity index is 550. The van der Waals surface area contributed by atoms with Gasteiger partial charge in [-0.15, -0.1) is 0 Å².